The lowest BCUT2D eigenvalue weighted by molar-refractivity contribution is -0.140. The van der Waals surface area contributed by atoms with Gasteiger partial charge >= 0.3 is 12.0 Å². The van der Waals surface area contributed by atoms with Gasteiger partial charge in [-0.2, -0.15) is 11.8 Å². The Morgan fingerprint density at radius 1 is 1.41 bits per heavy atom. The molecule has 3 N–H and O–H groups in total. The molecule has 5 nitrogen and oxygen atoms in total. The van der Waals surface area contributed by atoms with Crippen LogP contribution in [-0.2, 0) is 4.79 Å². The van der Waals surface area contributed by atoms with E-state index in [-0.39, 0.29) is 5.92 Å². The zero-order valence-corrected chi connectivity index (χ0v) is 11.5. The number of carboxylic acids is 1. The van der Waals surface area contributed by atoms with Crippen molar-refractivity contribution < 1.29 is 14.7 Å². The van der Waals surface area contributed by atoms with Gasteiger partial charge in [0.25, 0.3) is 0 Å². The van der Waals surface area contributed by atoms with Crippen molar-refractivity contribution in [2.75, 3.05) is 18.6 Å². The van der Waals surface area contributed by atoms with Crippen molar-refractivity contribution in [3.05, 3.63) is 0 Å². The fourth-order valence-corrected chi connectivity index (χ4v) is 1.73. The standard InChI is InChI=1S/C11H22N2O3S/c1-4-8(2)9(10(14)15)13-11(16)12-6-5-7-17-3/h8-9H,4-7H2,1-3H3,(H,14,15)(H2,12,13,16)/t8?,9-/m0/s1. The monoisotopic (exact) mass is 262 g/mol. The molecule has 0 saturated carbocycles. The summed E-state index contributed by atoms with van der Waals surface area (Å²) in [5, 5.41) is 14.1. The van der Waals surface area contributed by atoms with Gasteiger partial charge in [-0.15, -0.1) is 0 Å². The second-order valence-corrected chi connectivity index (χ2v) is 4.93. The molecular formula is C11H22N2O3S. The maximum Gasteiger partial charge on any atom is 0.326 e. The first-order chi connectivity index (χ1) is 8.02. The van der Waals surface area contributed by atoms with Gasteiger partial charge in [0.2, 0.25) is 0 Å². The number of hydrogen-bond acceptors (Lipinski definition) is 3. The molecular weight excluding hydrogens is 240 g/mol. The van der Waals surface area contributed by atoms with Gasteiger partial charge in [-0.25, -0.2) is 9.59 Å². The molecule has 0 aliphatic rings. The highest BCUT2D eigenvalue weighted by Gasteiger charge is 2.24. The van der Waals surface area contributed by atoms with Crippen LogP contribution in [0.25, 0.3) is 0 Å². The molecule has 2 atom stereocenters. The summed E-state index contributed by atoms with van der Waals surface area (Å²) in [5.41, 5.74) is 0. The number of carboxylic acid groups (broad SMARTS) is 1. The van der Waals surface area contributed by atoms with Crippen LogP contribution in [0, 0.1) is 5.92 Å². The van der Waals surface area contributed by atoms with E-state index in [1.807, 2.05) is 20.1 Å². The van der Waals surface area contributed by atoms with Crippen LogP contribution in [0.15, 0.2) is 0 Å². The lowest BCUT2D eigenvalue weighted by Gasteiger charge is -2.20. The van der Waals surface area contributed by atoms with Crippen LogP contribution in [-0.4, -0.2) is 41.7 Å². The predicted octanol–water partition coefficient (Wildman–Crippen LogP) is 1.54. The van der Waals surface area contributed by atoms with Crippen molar-refractivity contribution >= 4 is 23.8 Å². The van der Waals surface area contributed by atoms with E-state index in [2.05, 4.69) is 10.6 Å². The molecule has 0 rings (SSSR count). The molecule has 0 bridgehead atoms. The Morgan fingerprint density at radius 2 is 2.06 bits per heavy atom. The second kappa shape index (κ2) is 9.15. The number of hydrogen-bond donors (Lipinski definition) is 3. The quantitative estimate of drug-likeness (QED) is 0.580. The van der Waals surface area contributed by atoms with Gasteiger partial charge < -0.3 is 15.7 Å². The number of carbonyl (C=O) groups is 2. The van der Waals surface area contributed by atoms with E-state index < -0.39 is 18.0 Å². The fourth-order valence-electron chi connectivity index (χ4n) is 1.29. The van der Waals surface area contributed by atoms with E-state index in [1.165, 1.54) is 0 Å². The first kappa shape index (κ1) is 16.1. The highest BCUT2D eigenvalue weighted by atomic mass is 32.2. The van der Waals surface area contributed by atoms with Crippen LogP contribution < -0.4 is 10.6 Å². The lowest BCUT2D eigenvalue weighted by Crippen LogP contribution is -2.49. The maximum absolute atomic E-state index is 11.4. The third kappa shape index (κ3) is 7.10. The van der Waals surface area contributed by atoms with Crippen molar-refractivity contribution in [1.82, 2.24) is 10.6 Å². The Morgan fingerprint density at radius 3 is 2.53 bits per heavy atom. The molecule has 0 aromatic carbocycles. The van der Waals surface area contributed by atoms with Gasteiger partial charge in [0.05, 0.1) is 0 Å². The number of amides is 2. The topological polar surface area (TPSA) is 78.4 Å². The molecule has 0 radical (unpaired) electrons. The van der Waals surface area contributed by atoms with Gasteiger partial charge in [0.1, 0.15) is 6.04 Å². The van der Waals surface area contributed by atoms with Gasteiger partial charge in [0, 0.05) is 6.54 Å². The average molecular weight is 262 g/mol. The first-order valence-corrected chi connectivity index (χ1v) is 7.18. The highest BCUT2D eigenvalue weighted by molar-refractivity contribution is 7.98. The van der Waals surface area contributed by atoms with Crippen molar-refractivity contribution in [2.24, 2.45) is 5.92 Å². The average Bonchev–Trinajstić information content (AvgIpc) is 2.30. The molecule has 2 amide bonds. The lowest BCUT2D eigenvalue weighted by atomic mass is 9.99. The summed E-state index contributed by atoms with van der Waals surface area (Å²) in [4.78, 5) is 22.4. The fraction of sp³-hybridized carbons (Fsp3) is 0.818. The maximum atomic E-state index is 11.4. The first-order valence-electron chi connectivity index (χ1n) is 5.79. The Balaban J connectivity index is 4.00. The Bertz CT molecular complexity index is 249. The van der Waals surface area contributed by atoms with E-state index in [0.717, 1.165) is 12.2 Å². The van der Waals surface area contributed by atoms with E-state index in [9.17, 15) is 9.59 Å². The Kier molecular flexibility index (Phi) is 8.66. The van der Waals surface area contributed by atoms with Crippen molar-refractivity contribution in [3.8, 4) is 0 Å². The van der Waals surface area contributed by atoms with E-state index >= 15 is 0 Å². The summed E-state index contributed by atoms with van der Waals surface area (Å²) in [6.07, 6.45) is 3.60. The zero-order valence-electron chi connectivity index (χ0n) is 10.7. The van der Waals surface area contributed by atoms with E-state index in [4.69, 9.17) is 5.11 Å². The smallest absolute Gasteiger partial charge is 0.326 e. The molecule has 0 heterocycles. The van der Waals surface area contributed by atoms with Crippen LogP contribution in [0.2, 0.25) is 0 Å². The summed E-state index contributed by atoms with van der Waals surface area (Å²) in [7, 11) is 0. The molecule has 0 aromatic heterocycles. The largest absolute Gasteiger partial charge is 0.480 e. The summed E-state index contributed by atoms with van der Waals surface area (Å²) in [6, 6.07) is -1.22. The molecule has 0 aromatic rings. The highest BCUT2D eigenvalue weighted by Crippen LogP contribution is 2.07. The Labute approximate surface area is 107 Å². The summed E-state index contributed by atoms with van der Waals surface area (Å²) in [6.45, 7) is 4.28. The van der Waals surface area contributed by atoms with E-state index in [0.29, 0.717) is 13.0 Å². The SMILES string of the molecule is CCC(C)[C@H](NC(=O)NCCCSC)C(=O)O. The second-order valence-electron chi connectivity index (χ2n) is 3.95. The molecule has 6 heteroatoms. The number of thioether (sulfide) groups is 1. The van der Waals surface area contributed by atoms with Gasteiger partial charge in [0.15, 0.2) is 0 Å². The third-order valence-corrected chi connectivity index (χ3v) is 3.27. The van der Waals surface area contributed by atoms with Gasteiger partial charge in [-0.1, -0.05) is 20.3 Å². The van der Waals surface area contributed by atoms with Crippen molar-refractivity contribution in [2.45, 2.75) is 32.7 Å². The summed E-state index contributed by atoms with van der Waals surface area (Å²) >= 11 is 1.71. The van der Waals surface area contributed by atoms with E-state index in [1.54, 1.807) is 11.8 Å². The molecule has 100 valence electrons. The van der Waals surface area contributed by atoms with Gasteiger partial charge in [-0.3, -0.25) is 0 Å². The number of urea groups is 1. The zero-order chi connectivity index (χ0) is 13.3. The number of nitrogens with one attached hydrogen (secondary N) is 2. The minimum atomic E-state index is -0.987. The molecule has 0 aliphatic carbocycles. The molecule has 0 spiro atoms. The molecule has 17 heavy (non-hydrogen) atoms. The van der Waals surface area contributed by atoms with Crippen LogP contribution >= 0.6 is 11.8 Å². The van der Waals surface area contributed by atoms with Crippen LogP contribution in [0.5, 0.6) is 0 Å². The Hall–Kier alpha value is -0.910. The minimum absolute atomic E-state index is 0.0792. The summed E-state index contributed by atoms with van der Waals surface area (Å²) < 4.78 is 0. The van der Waals surface area contributed by atoms with Crippen molar-refractivity contribution in [3.63, 3.8) is 0 Å². The molecule has 0 saturated heterocycles. The van der Waals surface area contributed by atoms with Crippen LogP contribution in [0.3, 0.4) is 0 Å². The minimum Gasteiger partial charge on any atom is -0.480 e. The van der Waals surface area contributed by atoms with Gasteiger partial charge in [-0.05, 0) is 24.3 Å². The normalized spacial score (nSPS) is 13.8. The number of aliphatic carboxylic acids is 1. The number of rotatable bonds is 8. The van der Waals surface area contributed by atoms with Crippen LogP contribution in [0.1, 0.15) is 26.7 Å². The third-order valence-electron chi connectivity index (χ3n) is 2.58. The van der Waals surface area contributed by atoms with Crippen molar-refractivity contribution in [1.29, 1.82) is 0 Å². The van der Waals surface area contributed by atoms with Crippen LogP contribution in [0.4, 0.5) is 4.79 Å². The molecule has 0 fully saturated rings. The molecule has 0 aliphatic heterocycles. The number of carbonyl (C=O) groups excluding carboxylic acids is 1. The summed E-state index contributed by atoms with van der Waals surface area (Å²) in [5.74, 6) is -0.0864. The molecule has 1 unspecified atom stereocenters. The predicted molar refractivity (Wildman–Crippen MR) is 70.4 cm³/mol.